The zero-order chi connectivity index (χ0) is 25.5. The number of rotatable bonds is 17. The van der Waals surface area contributed by atoms with E-state index in [4.69, 9.17) is 0 Å². The minimum Gasteiger partial charge on any atom is -0.303 e. The average molecular weight is 503 g/mol. The summed E-state index contributed by atoms with van der Waals surface area (Å²) in [6, 6.07) is 0. The Bertz CT molecular complexity index is 531. The zero-order valence-electron chi connectivity index (χ0n) is 25.2. The fourth-order valence-corrected chi connectivity index (χ4v) is 8.14. The second-order valence-corrected chi connectivity index (χ2v) is 13.7. The molecule has 2 nitrogen and oxygen atoms in total. The molecule has 2 saturated carbocycles. The van der Waals surface area contributed by atoms with Gasteiger partial charge in [-0.2, -0.15) is 0 Å². The molecule has 1 aliphatic heterocycles. The summed E-state index contributed by atoms with van der Waals surface area (Å²) in [5, 5.41) is 4.43. The van der Waals surface area contributed by atoms with E-state index in [1.807, 2.05) is 0 Å². The highest BCUT2D eigenvalue weighted by Gasteiger charge is 2.52. The van der Waals surface area contributed by atoms with Crippen molar-refractivity contribution in [3.63, 3.8) is 0 Å². The zero-order valence-corrected chi connectivity index (χ0v) is 25.2. The minimum absolute atomic E-state index is 0.400. The van der Waals surface area contributed by atoms with Crippen molar-refractivity contribution in [2.24, 2.45) is 11.8 Å². The van der Waals surface area contributed by atoms with Gasteiger partial charge in [-0.3, -0.25) is 4.90 Å². The summed E-state index contributed by atoms with van der Waals surface area (Å²) in [7, 11) is 0. The third kappa shape index (κ3) is 9.59. The van der Waals surface area contributed by atoms with Crippen molar-refractivity contribution in [3.05, 3.63) is 0 Å². The van der Waals surface area contributed by atoms with Crippen LogP contribution in [0.4, 0.5) is 0 Å². The van der Waals surface area contributed by atoms with Gasteiger partial charge in [-0.05, 0) is 50.5 Å². The molecule has 0 amide bonds. The number of hydrogen-bond donors (Lipinski definition) is 1. The Morgan fingerprint density at radius 1 is 0.556 bits per heavy atom. The molecule has 0 bridgehead atoms. The second kappa shape index (κ2) is 16.8. The molecule has 212 valence electrons. The van der Waals surface area contributed by atoms with Crippen LogP contribution in [0.2, 0.25) is 0 Å². The predicted octanol–water partition coefficient (Wildman–Crippen LogP) is 10.1. The lowest BCUT2D eigenvalue weighted by molar-refractivity contribution is -0.0410. The van der Waals surface area contributed by atoms with Crippen LogP contribution in [0.25, 0.3) is 0 Å². The quantitative estimate of drug-likeness (QED) is 0.199. The molecular weight excluding hydrogens is 436 g/mol. The first-order valence-corrected chi connectivity index (χ1v) is 17.1. The van der Waals surface area contributed by atoms with Crippen LogP contribution in [0, 0.1) is 11.8 Å². The van der Waals surface area contributed by atoms with Gasteiger partial charge in [0.15, 0.2) is 0 Å². The molecule has 4 unspecified atom stereocenters. The van der Waals surface area contributed by atoms with Crippen molar-refractivity contribution in [2.45, 2.75) is 186 Å². The lowest BCUT2D eigenvalue weighted by Crippen LogP contribution is -2.75. The van der Waals surface area contributed by atoms with Crippen molar-refractivity contribution in [1.29, 1.82) is 0 Å². The van der Waals surface area contributed by atoms with Gasteiger partial charge in [0.05, 0.1) is 0 Å². The Labute approximate surface area is 227 Å². The fourth-order valence-electron chi connectivity index (χ4n) is 8.14. The summed E-state index contributed by atoms with van der Waals surface area (Å²) >= 11 is 0. The van der Waals surface area contributed by atoms with Crippen LogP contribution >= 0.6 is 0 Å². The maximum absolute atomic E-state index is 4.43. The maximum Gasteiger partial charge on any atom is 0.0339 e. The molecule has 4 atom stereocenters. The van der Waals surface area contributed by atoms with Crippen molar-refractivity contribution in [3.8, 4) is 0 Å². The van der Waals surface area contributed by atoms with Gasteiger partial charge in [0.1, 0.15) is 0 Å². The normalized spacial score (nSPS) is 31.4. The van der Waals surface area contributed by atoms with Crippen LogP contribution in [-0.2, 0) is 0 Å². The molecule has 3 rings (SSSR count). The summed E-state index contributed by atoms with van der Waals surface area (Å²) in [6.45, 7) is 11.4. The van der Waals surface area contributed by atoms with Crippen molar-refractivity contribution < 1.29 is 0 Å². The Kier molecular flexibility index (Phi) is 14.2. The highest BCUT2D eigenvalue weighted by molar-refractivity contribution is 5.11. The van der Waals surface area contributed by atoms with Crippen LogP contribution in [0.5, 0.6) is 0 Å². The molecule has 3 fully saturated rings. The monoisotopic (exact) mass is 503 g/mol. The van der Waals surface area contributed by atoms with E-state index >= 15 is 0 Å². The molecule has 2 heteroatoms. The second-order valence-electron chi connectivity index (χ2n) is 13.7. The molecule has 1 saturated heterocycles. The third-order valence-corrected chi connectivity index (χ3v) is 10.7. The minimum atomic E-state index is 0.400. The Morgan fingerprint density at radius 3 is 1.33 bits per heavy atom. The van der Waals surface area contributed by atoms with Crippen LogP contribution in [0.3, 0.4) is 0 Å². The molecule has 0 radical (unpaired) electrons. The fraction of sp³-hybridized carbons (Fsp3) is 1.00. The van der Waals surface area contributed by atoms with E-state index in [1.165, 1.54) is 174 Å². The van der Waals surface area contributed by atoms with Gasteiger partial charge < -0.3 is 5.32 Å². The van der Waals surface area contributed by atoms with E-state index in [2.05, 4.69) is 31.0 Å². The van der Waals surface area contributed by atoms with Gasteiger partial charge in [0.2, 0.25) is 0 Å². The summed E-state index contributed by atoms with van der Waals surface area (Å²) in [5.41, 5.74) is 0.800. The molecule has 2 spiro atoms. The Morgan fingerprint density at radius 2 is 0.944 bits per heavy atom. The number of hydrogen-bond acceptors (Lipinski definition) is 2. The average Bonchev–Trinajstić information content (AvgIpc) is 2.87. The van der Waals surface area contributed by atoms with E-state index in [0.29, 0.717) is 11.1 Å². The van der Waals surface area contributed by atoms with Crippen LogP contribution in [0.1, 0.15) is 175 Å². The number of nitrogens with zero attached hydrogens (tertiary/aromatic N) is 1. The Hall–Kier alpha value is -0.0800. The SMILES string of the molecule is CCCCCCCCCCCCCCCCCCN1CC2(CCCCC2C)NC2(CCCCC2C)C1. The largest absolute Gasteiger partial charge is 0.303 e. The molecule has 0 aromatic rings. The molecule has 3 aliphatic rings. The van der Waals surface area contributed by atoms with E-state index in [0.717, 1.165) is 11.8 Å². The van der Waals surface area contributed by atoms with Crippen LogP contribution in [-0.4, -0.2) is 35.6 Å². The summed E-state index contributed by atoms with van der Waals surface area (Å²) in [5.74, 6) is 1.68. The number of nitrogens with one attached hydrogen (secondary N) is 1. The standard InChI is InChI=1S/C34H66N2/c1-4-5-6-7-8-9-10-11-12-13-14-15-16-17-18-23-28-36-29-33(26-21-19-24-31(33)2)35-34(30-36)27-22-20-25-32(34)3/h31-32,35H,4-30H2,1-3H3. The smallest absolute Gasteiger partial charge is 0.0339 e. The number of unbranched alkanes of at least 4 members (excludes halogenated alkanes) is 15. The molecule has 0 aromatic heterocycles. The summed E-state index contributed by atoms with van der Waals surface area (Å²) in [6.07, 6.45) is 34.9. The highest BCUT2D eigenvalue weighted by atomic mass is 15.3. The third-order valence-electron chi connectivity index (χ3n) is 10.7. The van der Waals surface area contributed by atoms with Crippen LogP contribution < -0.4 is 5.32 Å². The first kappa shape index (κ1) is 30.5. The first-order valence-electron chi connectivity index (χ1n) is 17.1. The molecule has 2 aliphatic carbocycles. The van der Waals surface area contributed by atoms with Gasteiger partial charge in [-0.1, -0.05) is 143 Å². The molecule has 1 heterocycles. The molecule has 36 heavy (non-hydrogen) atoms. The number of piperazine rings is 1. The van der Waals surface area contributed by atoms with Crippen LogP contribution in [0.15, 0.2) is 0 Å². The maximum atomic E-state index is 4.43. The van der Waals surface area contributed by atoms with Gasteiger partial charge in [0, 0.05) is 24.2 Å². The van der Waals surface area contributed by atoms with Gasteiger partial charge in [-0.25, -0.2) is 0 Å². The Balaban J connectivity index is 1.25. The molecule has 1 N–H and O–H groups in total. The van der Waals surface area contributed by atoms with Crippen molar-refractivity contribution >= 4 is 0 Å². The van der Waals surface area contributed by atoms with E-state index in [-0.39, 0.29) is 0 Å². The highest BCUT2D eigenvalue weighted by Crippen LogP contribution is 2.44. The lowest BCUT2D eigenvalue weighted by Gasteiger charge is -2.60. The van der Waals surface area contributed by atoms with Crippen molar-refractivity contribution in [2.75, 3.05) is 19.6 Å². The molecule has 0 aromatic carbocycles. The van der Waals surface area contributed by atoms with E-state index in [9.17, 15) is 0 Å². The van der Waals surface area contributed by atoms with Gasteiger partial charge in [0.25, 0.3) is 0 Å². The predicted molar refractivity (Wildman–Crippen MR) is 160 cm³/mol. The van der Waals surface area contributed by atoms with Gasteiger partial charge >= 0.3 is 0 Å². The lowest BCUT2D eigenvalue weighted by atomic mass is 9.65. The van der Waals surface area contributed by atoms with E-state index < -0.39 is 0 Å². The van der Waals surface area contributed by atoms with Crippen molar-refractivity contribution in [1.82, 2.24) is 10.2 Å². The summed E-state index contributed by atoms with van der Waals surface area (Å²) < 4.78 is 0. The topological polar surface area (TPSA) is 15.3 Å². The molecular formula is C34H66N2. The van der Waals surface area contributed by atoms with Gasteiger partial charge in [-0.15, -0.1) is 0 Å². The van der Waals surface area contributed by atoms with E-state index in [1.54, 1.807) is 0 Å². The first-order chi connectivity index (χ1) is 17.6. The summed E-state index contributed by atoms with van der Waals surface area (Å²) in [4.78, 5) is 2.93.